The highest BCUT2D eigenvalue weighted by atomic mass is 79.9. The Morgan fingerprint density at radius 2 is 1.58 bits per heavy atom. The third-order valence-corrected chi connectivity index (χ3v) is 5.00. The summed E-state index contributed by atoms with van der Waals surface area (Å²) in [6.45, 7) is 0. The molecule has 0 radical (unpaired) electrons. The number of carbonyl (C=O) groups excluding carboxylic acids is 1. The molecule has 3 aromatic carbocycles. The fourth-order valence-electron chi connectivity index (χ4n) is 2.91. The fourth-order valence-corrected chi connectivity index (χ4v) is 3.18. The number of aliphatic imine (C=N–C) groups is 1. The summed E-state index contributed by atoms with van der Waals surface area (Å²) in [4.78, 5) is 27.9. The summed E-state index contributed by atoms with van der Waals surface area (Å²) < 4.78 is 0.946. The van der Waals surface area contributed by atoms with Crippen molar-refractivity contribution in [1.29, 1.82) is 0 Å². The molecule has 152 valence electrons. The first kappa shape index (κ1) is 20.4. The number of benzene rings is 3. The lowest BCUT2D eigenvalue weighted by atomic mass is 10.2. The number of rotatable bonds is 5. The molecule has 8 heteroatoms. The van der Waals surface area contributed by atoms with Crippen molar-refractivity contribution in [2.45, 2.75) is 0 Å². The first-order chi connectivity index (χ1) is 15.0. The van der Waals surface area contributed by atoms with Gasteiger partial charge in [-0.15, -0.1) is 0 Å². The molecule has 4 rings (SSSR count). The van der Waals surface area contributed by atoms with Crippen LogP contribution in [0.3, 0.4) is 0 Å². The van der Waals surface area contributed by atoms with Gasteiger partial charge in [0.05, 0.1) is 11.1 Å². The Hall–Kier alpha value is -3.91. The zero-order valence-corrected chi connectivity index (χ0v) is 17.6. The number of hydrazone groups is 1. The number of nitrogens with zero attached hydrogens (tertiary/aromatic N) is 4. The minimum Gasteiger partial charge on any atom is -0.265 e. The molecule has 3 aromatic rings. The van der Waals surface area contributed by atoms with Gasteiger partial charge in [-0.25, -0.2) is 4.99 Å². The maximum Gasteiger partial charge on any atom is 0.298 e. The van der Waals surface area contributed by atoms with Gasteiger partial charge in [0.15, 0.2) is 5.84 Å². The van der Waals surface area contributed by atoms with Crippen LogP contribution < -0.4 is 0 Å². The molecular formula is C23H15BrN4O3. The Balaban J connectivity index is 1.69. The largest absolute Gasteiger partial charge is 0.298 e. The van der Waals surface area contributed by atoms with Crippen LogP contribution in [-0.4, -0.2) is 27.9 Å². The van der Waals surface area contributed by atoms with E-state index in [1.165, 1.54) is 17.1 Å². The summed E-state index contributed by atoms with van der Waals surface area (Å²) >= 11 is 3.39. The Morgan fingerprint density at radius 3 is 2.23 bits per heavy atom. The smallest absolute Gasteiger partial charge is 0.265 e. The monoisotopic (exact) mass is 474 g/mol. The topological polar surface area (TPSA) is 88.2 Å². The zero-order valence-electron chi connectivity index (χ0n) is 16.1. The van der Waals surface area contributed by atoms with Gasteiger partial charge in [0, 0.05) is 22.2 Å². The van der Waals surface area contributed by atoms with Gasteiger partial charge in [-0.05, 0) is 41.5 Å². The summed E-state index contributed by atoms with van der Waals surface area (Å²) in [6.07, 6.45) is 3.18. The highest BCUT2D eigenvalue weighted by Gasteiger charge is 2.31. The molecule has 0 aliphatic carbocycles. The van der Waals surface area contributed by atoms with E-state index in [1.54, 1.807) is 24.4 Å². The number of non-ortho nitro benzene ring substituents is 1. The number of hydrogen-bond donors (Lipinski definition) is 0. The van der Waals surface area contributed by atoms with Crippen LogP contribution in [0.5, 0.6) is 0 Å². The molecule has 0 unspecified atom stereocenters. The van der Waals surface area contributed by atoms with Crippen molar-refractivity contribution in [1.82, 2.24) is 5.01 Å². The van der Waals surface area contributed by atoms with Gasteiger partial charge < -0.3 is 0 Å². The van der Waals surface area contributed by atoms with E-state index < -0.39 is 4.92 Å². The van der Waals surface area contributed by atoms with Crippen LogP contribution in [0, 0.1) is 10.1 Å². The zero-order chi connectivity index (χ0) is 21.8. The molecular weight excluding hydrogens is 460 g/mol. The third kappa shape index (κ3) is 4.65. The van der Waals surface area contributed by atoms with E-state index >= 15 is 0 Å². The standard InChI is InChI=1S/C23H15BrN4O3/c24-19-10-6-17(7-11-19)15-25-27-22(18-4-2-1-3-5-18)26-21(23(27)29)14-16-8-12-20(13-9-16)28(30)31/h1-15H/b21-14-,25-15+. The van der Waals surface area contributed by atoms with E-state index in [-0.39, 0.29) is 17.3 Å². The molecule has 1 heterocycles. The molecule has 0 N–H and O–H groups in total. The van der Waals surface area contributed by atoms with Crippen LogP contribution >= 0.6 is 15.9 Å². The maximum absolute atomic E-state index is 13.1. The van der Waals surface area contributed by atoms with E-state index in [0.29, 0.717) is 11.4 Å². The summed E-state index contributed by atoms with van der Waals surface area (Å²) in [7, 11) is 0. The van der Waals surface area contributed by atoms with Crippen molar-refractivity contribution in [2.24, 2.45) is 10.1 Å². The Labute approximate surface area is 186 Å². The highest BCUT2D eigenvalue weighted by molar-refractivity contribution is 9.10. The van der Waals surface area contributed by atoms with Gasteiger partial charge in [0.1, 0.15) is 5.70 Å². The first-order valence-electron chi connectivity index (χ1n) is 9.25. The first-order valence-corrected chi connectivity index (χ1v) is 10.0. The molecule has 0 aromatic heterocycles. The number of nitro benzene ring substituents is 1. The SMILES string of the molecule is O=C1/C(=C/c2ccc([N+](=O)[O-])cc2)N=C(c2ccccc2)N1/N=C/c1ccc(Br)cc1. The number of halogens is 1. The highest BCUT2D eigenvalue weighted by Crippen LogP contribution is 2.23. The van der Waals surface area contributed by atoms with Crippen LogP contribution in [0.15, 0.2) is 99.1 Å². The van der Waals surface area contributed by atoms with E-state index in [9.17, 15) is 14.9 Å². The van der Waals surface area contributed by atoms with Crippen LogP contribution in [0.1, 0.15) is 16.7 Å². The van der Waals surface area contributed by atoms with Gasteiger partial charge in [-0.3, -0.25) is 14.9 Å². The Kier molecular flexibility index (Phi) is 5.81. The lowest BCUT2D eigenvalue weighted by Crippen LogP contribution is -2.27. The Morgan fingerprint density at radius 1 is 0.935 bits per heavy atom. The van der Waals surface area contributed by atoms with E-state index in [2.05, 4.69) is 26.0 Å². The molecule has 31 heavy (non-hydrogen) atoms. The average molecular weight is 475 g/mol. The molecule has 0 fully saturated rings. The Bertz CT molecular complexity index is 1220. The van der Waals surface area contributed by atoms with Crippen molar-refractivity contribution in [3.63, 3.8) is 0 Å². The molecule has 0 bridgehead atoms. The minimum atomic E-state index is -0.470. The summed E-state index contributed by atoms with van der Waals surface area (Å²) in [6, 6.07) is 22.7. The van der Waals surface area contributed by atoms with Crippen molar-refractivity contribution in [3.05, 3.63) is 116 Å². The molecule has 1 amide bonds. The second-order valence-corrected chi connectivity index (χ2v) is 7.51. The lowest BCUT2D eigenvalue weighted by Gasteiger charge is -2.11. The number of amidine groups is 1. The van der Waals surface area contributed by atoms with Crippen LogP contribution in [0.4, 0.5) is 5.69 Å². The fraction of sp³-hybridized carbons (Fsp3) is 0. The van der Waals surface area contributed by atoms with E-state index in [0.717, 1.165) is 15.6 Å². The average Bonchev–Trinajstić information content (AvgIpc) is 3.09. The molecule has 1 aliphatic heterocycles. The number of hydrogen-bond acceptors (Lipinski definition) is 5. The number of carbonyl (C=O) groups is 1. The van der Waals surface area contributed by atoms with Crippen LogP contribution in [0.25, 0.3) is 6.08 Å². The minimum absolute atomic E-state index is 0.0194. The molecule has 0 saturated carbocycles. The predicted octanol–water partition coefficient (Wildman–Crippen LogP) is 5.02. The van der Waals surface area contributed by atoms with Crippen molar-refractivity contribution < 1.29 is 9.72 Å². The molecule has 0 atom stereocenters. The molecule has 1 aliphatic rings. The lowest BCUT2D eigenvalue weighted by molar-refractivity contribution is -0.384. The number of amides is 1. The van der Waals surface area contributed by atoms with Gasteiger partial charge in [-0.2, -0.15) is 10.1 Å². The van der Waals surface area contributed by atoms with Crippen LogP contribution in [0.2, 0.25) is 0 Å². The predicted molar refractivity (Wildman–Crippen MR) is 123 cm³/mol. The third-order valence-electron chi connectivity index (χ3n) is 4.47. The van der Waals surface area contributed by atoms with Crippen molar-refractivity contribution in [3.8, 4) is 0 Å². The summed E-state index contributed by atoms with van der Waals surface area (Å²) in [5.41, 5.74) is 2.38. The molecule has 7 nitrogen and oxygen atoms in total. The van der Waals surface area contributed by atoms with E-state index in [4.69, 9.17) is 0 Å². The van der Waals surface area contributed by atoms with Gasteiger partial charge >= 0.3 is 0 Å². The van der Waals surface area contributed by atoms with Crippen molar-refractivity contribution >= 4 is 45.7 Å². The number of nitro groups is 1. The molecule has 0 saturated heterocycles. The normalized spacial score (nSPS) is 15.0. The van der Waals surface area contributed by atoms with Gasteiger partial charge in [0.2, 0.25) is 0 Å². The van der Waals surface area contributed by atoms with E-state index in [1.807, 2.05) is 54.6 Å². The quantitative estimate of drug-likeness (QED) is 0.225. The summed E-state index contributed by atoms with van der Waals surface area (Å²) in [5, 5.41) is 16.5. The van der Waals surface area contributed by atoms with Gasteiger partial charge in [-0.1, -0.05) is 58.4 Å². The second-order valence-electron chi connectivity index (χ2n) is 6.59. The van der Waals surface area contributed by atoms with Crippen molar-refractivity contribution in [2.75, 3.05) is 0 Å². The van der Waals surface area contributed by atoms with Gasteiger partial charge in [0.25, 0.3) is 11.6 Å². The summed E-state index contributed by atoms with van der Waals surface area (Å²) in [5.74, 6) is 0.0256. The maximum atomic E-state index is 13.1. The second kappa shape index (κ2) is 8.85. The van der Waals surface area contributed by atoms with Crippen LogP contribution in [-0.2, 0) is 4.79 Å². The molecule has 0 spiro atoms.